The average Bonchev–Trinajstić information content (AvgIpc) is 2.89. The molecule has 0 aliphatic carbocycles. The summed E-state index contributed by atoms with van der Waals surface area (Å²) in [4.78, 5) is 16.1. The number of nitrogens with zero attached hydrogens (tertiary/aromatic N) is 1. The third kappa shape index (κ3) is 7.82. The lowest BCUT2D eigenvalue weighted by Crippen LogP contribution is -2.54. The molecule has 0 saturated heterocycles. The van der Waals surface area contributed by atoms with Gasteiger partial charge in [0.25, 0.3) is 0 Å². The van der Waals surface area contributed by atoms with Gasteiger partial charge in [-0.2, -0.15) is 0 Å². The number of aliphatic hydroxyl groups is 1. The summed E-state index contributed by atoms with van der Waals surface area (Å²) in [5.74, 6) is 0.692. The fourth-order valence-electron chi connectivity index (χ4n) is 5.64. The van der Waals surface area contributed by atoms with Gasteiger partial charge in [-0.15, -0.1) is 0 Å². The van der Waals surface area contributed by atoms with E-state index in [-0.39, 0.29) is 23.3 Å². The van der Waals surface area contributed by atoms with Crippen molar-refractivity contribution in [3.05, 3.63) is 63.7 Å². The summed E-state index contributed by atoms with van der Waals surface area (Å²) in [6, 6.07) is 10.6. The second-order valence-electron chi connectivity index (χ2n) is 13.9. The van der Waals surface area contributed by atoms with E-state index in [4.69, 9.17) is 6.11 Å². The zero-order valence-electron chi connectivity index (χ0n) is 29.5. The summed E-state index contributed by atoms with van der Waals surface area (Å²) in [6.45, 7) is 30.4. The van der Waals surface area contributed by atoms with Crippen LogP contribution in [0.15, 0.2) is 30.3 Å². The number of ether oxygens (including phenoxy) is 1. The van der Waals surface area contributed by atoms with Gasteiger partial charge in [-0.05, 0) is 127 Å². The molecule has 0 aliphatic rings. The van der Waals surface area contributed by atoms with Crippen LogP contribution < -0.4 is 4.74 Å². The van der Waals surface area contributed by atoms with Gasteiger partial charge < -0.3 is 9.84 Å². The van der Waals surface area contributed by atoms with Crippen LogP contribution in [0.2, 0.25) is 0 Å². The van der Waals surface area contributed by atoms with Crippen LogP contribution in [0.1, 0.15) is 136 Å². The van der Waals surface area contributed by atoms with Crippen molar-refractivity contribution in [1.29, 1.82) is 0 Å². The summed E-state index contributed by atoms with van der Waals surface area (Å²) in [6.07, 6.45) is -0.0884. The summed E-state index contributed by atoms with van der Waals surface area (Å²) in [5, 5.41) is 10.9. The minimum absolute atomic E-state index is 0.0282. The van der Waals surface area contributed by atoms with Crippen LogP contribution in [0.3, 0.4) is 0 Å². The topological polar surface area (TPSA) is 49.8 Å². The van der Waals surface area contributed by atoms with Gasteiger partial charge in [0, 0.05) is 29.6 Å². The number of rotatable bonds is 13. The summed E-state index contributed by atoms with van der Waals surface area (Å²) >= 11 is 0. The molecule has 0 saturated carbocycles. The van der Waals surface area contributed by atoms with E-state index in [1.165, 1.54) is 23.6 Å². The number of carbonyl (C=O) groups excluding carboxylic acids is 1. The maximum absolute atomic E-state index is 13.5. The highest BCUT2D eigenvalue weighted by Gasteiger charge is 2.37. The first-order valence-electron chi connectivity index (χ1n) is 16.1. The molecule has 0 fully saturated rings. The van der Waals surface area contributed by atoms with E-state index in [0.717, 1.165) is 24.1 Å². The monoisotopic (exact) mass is 566 g/mol. The predicted octanol–water partition coefficient (Wildman–Crippen LogP) is 9.31. The largest absolute Gasteiger partial charge is 0.426 e. The molecule has 2 aromatic carbocycles. The molecule has 0 spiro atoms. The van der Waals surface area contributed by atoms with Gasteiger partial charge >= 0.3 is 5.97 Å². The molecule has 4 atom stereocenters. The van der Waals surface area contributed by atoms with Gasteiger partial charge in [-0.25, -0.2) is 0 Å². The van der Waals surface area contributed by atoms with E-state index in [2.05, 4.69) is 85.4 Å². The van der Waals surface area contributed by atoms with Gasteiger partial charge in [-0.3, -0.25) is 9.69 Å². The molecule has 41 heavy (non-hydrogen) atoms. The number of aryl methyl sites for hydroxylation is 2. The Labute approximate surface area is 253 Å². The van der Waals surface area contributed by atoms with Crippen molar-refractivity contribution in [2.45, 2.75) is 133 Å². The van der Waals surface area contributed by atoms with Gasteiger partial charge in [0.15, 0.2) is 0 Å². The Morgan fingerprint density at radius 3 is 2.07 bits per heavy atom. The average molecular weight is 567 g/mol. The Morgan fingerprint density at radius 1 is 0.951 bits per heavy atom. The van der Waals surface area contributed by atoms with Crippen molar-refractivity contribution >= 4 is 5.97 Å². The molecule has 4 heteroatoms. The molecule has 3 unspecified atom stereocenters. The lowest BCUT2D eigenvalue weighted by atomic mass is 9.76. The Kier molecular flexibility index (Phi) is 11.3. The number of benzene rings is 2. The van der Waals surface area contributed by atoms with Crippen LogP contribution in [0, 0.1) is 38.0 Å². The van der Waals surface area contributed by atoms with E-state index < -0.39 is 11.5 Å². The van der Waals surface area contributed by atoms with Crippen LogP contribution in [0.25, 0.3) is 0 Å². The fourth-order valence-corrected chi connectivity index (χ4v) is 5.64. The van der Waals surface area contributed by atoms with Crippen molar-refractivity contribution in [3.63, 3.8) is 0 Å². The van der Waals surface area contributed by atoms with Crippen molar-refractivity contribution < 1.29 is 16.0 Å². The summed E-state index contributed by atoms with van der Waals surface area (Å²) in [7, 11) is 0. The number of hydrogen-bond donors (Lipinski definition) is 1. The Morgan fingerprint density at radius 2 is 1.56 bits per heavy atom. The van der Waals surface area contributed by atoms with E-state index in [1.807, 2.05) is 39.8 Å². The Balaban J connectivity index is 2.92. The maximum Gasteiger partial charge on any atom is 0.316 e. The highest BCUT2D eigenvalue weighted by molar-refractivity contribution is 5.79. The van der Waals surface area contributed by atoms with Crippen LogP contribution in [-0.4, -0.2) is 34.1 Å². The van der Waals surface area contributed by atoms with Crippen LogP contribution in [0.5, 0.6) is 5.75 Å². The SMILES string of the molecule is [2H]C(C)(O)c1cc([C@@H](c2cccc(C)c2C)C(C)CN(C(C)CC)C(C)(C)C(C)C)c(OC(=O)C(C)(C)CC)cc1C. The van der Waals surface area contributed by atoms with Crippen LogP contribution in [-0.2, 0) is 4.79 Å². The van der Waals surface area contributed by atoms with Crippen molar-refractivity contribution in [2.24, 2.45) is 17.3 Å². The molecule has 0 heterocycles. The van der Waals surface area contributed by atoms with E-state index in [0.29, 0.717) is 29.7 Å². The predicted molar refractivity (Wildman–Crippen MR) is 174 cm³/mol. The molecule has 0 aromatic heterocycles. The first kappa shape index (κ1) is 33.3. The molecule has 0 amide bonds. The molecule has 0 bridgehead atoms. The van der Waals surface area contributed by atoms with Gasteiger partial charge in [0.2, 0.25) is 0 Å². The minimum atomic E-state index is -1.79. The Bertz CT molecular complexity index is 1220. The third-order valence-corrected chi connectivity index (χ3v) is 10.0. The van der Waals surface area contributed by atoms with E-state index in [1.54, 1.807) is 0 Å². The maximum atomic E-state index is 13.5. The fraction of sp³-hybridized carbons (Fsp3) is 0.649. The van der Waals surface area contributed by atoms with Gasteiger partial charge in [0.05, 0.1) is 12.9 Å². The summed E-state index contributed by atoms with van der Waals surface area (Å²) < 4.78 is 14.8. The van der Waals surface area contributed by atoms with Gasteiger partial charge in [0.1, 0.15) is 5.75 Å². The van der Waals surface area contributed by atoms with Gasteiger partial charge in [-0.1, -0.05) is 52.8 Å². The van der Waals surface area contributed by atoms with E-state index >= 15 is 0 Å². The number of carbonyl (C=O) groups is 1. The molecule has 2 rings (SSSR count). The second-order valence-corrected chi connectivity index (χ2v) is 13.9. The standard InChI is InChI=1S/C37H59NO3/c1-15-27(8)38(37(13,14)23(3)4)22-26(7)34(30-19-17-18-24(5)28(30)9)32-21-31(29(10)39)25(6)20-33(32)41-35(40)36(11,12)16-2/h17-21,23,26-27,29,34,39H,15-16,22H2,1-14H3/t26?,27?,29?,34-/m1/s1/i29D. The highest BCUT2D eigenvalue weighted by Crippen LogP contribution is 2.43. The second kappa shape index (κ2) is 13.9. The first-order chi connectivity index (χ1) is 19.2. The minimum Gasteiger partial charge on any atom is -0.426 e. The number of hydrogen-bond acceptors (Lipinski definition) is 4. The normalized spacial score (nSPS) is 16.8. The molecule has 0 aliphatic heterocycles. The molecule has 2 aromatic rings. The molecule has 0 radical (unpaired) electrons. The van der Waals surface area contributed by atoms with E-state index in [9.17, 15) is 9.90 Å². The molecule has 1 N–H and O–H groups in total. The quantitative estimate of drug-likeness (QED) is 0.194. The third-order valence-electron chi connectivity index (χ3n) is 10.0. The van der Waals surface area contributed by atoms with Crippen molar-refractivity contribution in [3.8, 4) is 5.75 Å². The lowest BCUT2D eigenvalue weighted by Gasteiger charge is -2.47. The summed E-state index contributed by atoms with van der Waals surface area (Å²) in [5.41, 5.74) is 5.02. The molecule has 230 valence electrons. The molecular weight excluding hydrogens is 506 g/mol. The van der Waals surface area contributed by atoms with Crippen LogP contribution >= 0.6 is 0 Å². The number of esters is 1. The Hall–Kier alpha value is -2.17. The zero-order valence-corrected chi connectivity index (χ0v) is 28.5. The first-order valence-corrected chi connectivity index (χ1v) is 15.6. The van der Waals surface area contributed by atoms with Crippen LogP contribution in [0.4, 0.5) is 0 Å². The zero-order chi connectivity index (χ0) is 32.4. The molecule has 4 nitrogen and oxygen atoms in total. The van der Waals surface area contributed by atoms with Crippen molar-refractivity contribution in [2.75, 3.05) is 6.54 Å². The van der Waals surface area contributed by atoms with Crippen molar-refractivity contribution in [1.82, 2.24) is 4.90 Å². The highest BCUT2D eigenvalue weighted by atomic mass is 16.5. The smallest absolute Gasteiger partial charge is 0.316 e. The molecular formula is C37H59NO3. The lowest BCUT2D eigenvalue weighted by molar-refractivity contribution is -0.144.